The molecule has 5 nitrogen and oxygen atoms in total. The van der Waals surface area contributed by atoms with Crippen molar-refractivity contribution in [1.82, 2.24) is 20.4 Å². The van der Waals surface area contributed by atoms with E-state index in [4.69, 9.17) is 4.52 Å². The van der Waals surface area contributed by atoms with Gasteiger partial charge < -0.3 is 14.7 Å². The zero-order valence-electron chi connectivity index (χ0n) is 11.9. The summed E-state index contributed by atoms with van der Waals surface area (Å²) >= 11 is 0. The van der Waals surface area contributed by atoms with Crippen molar-refractivity contribution in [3.63, 3.8) is 0 Å². The van der Waals surface area contributed by atoms with Gasteiger partial charge in [-0.3, -0.25) is 0 Å². The van der Waals surface area contributed by atoms with Gasteiger partial charge in [-0.1, -0.05) is 5.16 Å². The minimum absolute atomic E-state index is 0.289. The highest BCUT2D eigenvalue weighted by Gasteiger charge is 2.28. The lowest BCUT2D eigenvalue weighted by molar-refractivity contribution is 0.168. The first kappa shape index (κ1) is 13.1. The van der Waals surface area contributed by atoms with Crippen molar-refractivity contribution in [3.05, 3.63) is 11.7 Å². The first-order valence-electron chi connectivity index (χ1n) is 7.55. The van der Waals surface area contributed by atoms with Crippen LogP contribution in [0.1, 0.15) is 63.2 Å². The molecule has 5 heteroatoms. The summed E-state index contributed by atoms with van der Waals surface area (Å²) in [4.78, 5) is 7.15. The second kappa shape index (κ2) is 5.59. The number of piperidine rings is 1. The van der Waals surface area contributed by atoms with Crippen molar-refractivity contribution in [1.29, 1.82) is 0 Å². The topological polar surface area (TPSA) is 54.2 Å². The molecule has 106 valence electrons. The molecule has 1 aromatic heterocycles. The third-order valence-electron chi connectivity index (χ3n) is 4.44. The molecule has 0 saturated carbocycles. The van der Waals surface area contributed by atoms with Gasteiger partial charge in [-0.2, -0.15) is 4.98 Å². The van der Waals surface area contributed by atoms with Crippen LogP contribution in [0.2, 0.25) is 0 Å². The molecular formula is C14H24N4O. The lowest BCUT2D eigenvalue weighted by Crippen LogP contribution is -2.38. The SMILES string of the molecule is CC(C)N1CCC(c2noc(C3CCCN3)n2)CC1. The summed E-state index contributed by atoms with van der Waals surface area (Å²) in [6.45, 7) is 7.88. The molecular weight excluding hydrogens is 240 g/mol. The Hall–Kier alpha value is -0.940. The highest BCUT2D eigenvalue weighted by molar-refractivity contribution is 5.01. The molecule has 0 aliphatic carbocycles. The van der Waals surface area contributed by atoms with Crippen LogP contribution in [0.4, 0.5) is 0 Å². The van der Waals surface area contributed by atoms with Crippen molar-refractivity contribution < 1.29 is 4.52 Å². The summed E-state index contributed by atoms with van der Waals surface area (Å²) in [5.74, 6) is 2.19. The van der Waals surface area contributed by atoms with Crippen LogP contribution in [0.3, 0.4) is 0 Å². The lowest BCUT2D eigenvalue weighted by atomic mass is 9.95. The van der Waals surface area contributed by atoms with E-state index in [9.17, 15) is 0 Å². The average molecular weight is 264 g/mol. The largest absolute Gasteiger partial charge is 0.338 e. The predicted octanol–water partition coefficient (Wildman–Crippen LogP) is 2.08. The quantitative estimate of drug-likeness (QED) is 0.906. The summed E-state index contributed by atoms with van der Waals surface area (Å²) < 4.78 is 5.44. The maximum Gasteiger partial charge on any atom is 0.243 e. The first-order valence-corrected chi connectivity index (χ1v) is 7.55. The minimum Gasteiger partial charge on any atom is -0.338 e. The molecule has 2 aliphatic heterocycles. The van der Waals surface area contributed by atoms with E-state index in [0.29, 0.717) is 12.0 Å². The molecule has 1 N–H and O–H groups in total. The fraction of sp³-hybridized carbons (Fsp3) is 0.857. The standard InChI is InChI=1S/C14H24N4O/c1-10(2)18-8-5-11(6-9-18)13-16-14(19-17-13)12-4-3-7-15-12/h10-12,15H,3-9H2,1-2H3. The number of rotatable bonds is 3. The highest BCUT2D eigenvalue weighted by Crippen LogP contribution is 2.29. The van der Waals surface area contributed by atoms with Crippen molar-refractivity contribution in [2.75, 3.05) is 19.6 Å². The third-order valence-corrected chi connectivity index (χ3v) is 4.44. The minimum atomic E-state index is 0.289. The zero-order chi connectivity index (χ0) is 13.2. The van der Waals surface area contributed by atoms with Gasteiger partial charge in [0, 0.05) is 12.0 Å². The van der Waals surface area contributed by atoms with Gasteiger partial charge in [-0.05, 0) is 59.2 Å². The molecule has 1 atom stereocenters. The van der Waals surface area contributed by atoms with Crippen LogP contribution in [0.25, 0.3) is 0 Å². The Balaban J connectivity index is 1.61. The predicted molar refractivity (Wildman–Crippen MR) is 73.0 cm³/mol. The van der Waals surface area contributed by atoms with Crippen LogP contribution in [-0.2, 0) is 0 Å². The highest BCUT2D eigenvalue weighted by atomic mass is 16.5. The van der Waals surface area contributed by atoms with Crippen LogP contribution < -0.4 is 5.32 Å². The summed E-state index contributed by atoms with van der Waals surface area (Å²) in [6.07, 6.45) is 4.62. The van der Waals surface area contributed by atoms with Gasteiger partial charge in [0.1, 0.15) is 0 Å². The van der Waals surface area contributed by atoms with E-state index in [1.807, 2.05) is 0 Å². The van der Waals surface area contributed by atoms with Crippen LogP contribution in [-0.4, -0.2) is 40.7 Å². The molecule has 0 bridgehead atoms. The summed E-state index contributed by atoms with van der Waals surface area (Å²) in [5, 5.41) is 7.62. The molecule has 0 spiro atoms. The van der Waals surface area contributed by atoms with E-state index in [0.717, 1.165) is 50.6 Å². The number of hydrogen-bond donors (Lipinski definition) is 1. The Bertz CT molecular complexity index is 403. The Kier molecular flexibility index (Phi) is 3.84. The van der Waals surface area contributed by atoms with Gasteiger partial charge in [-0.15, -0.1) is 0 Å². The zero-order valence-corrected chi connectivity index (χ0v) is 11.9. The maximum absolute atomic E-state index is 5.44. The second-order valence-electron chi connectivity index (χ2n) is 6.04. The van der Waals surface area contributed by atoms with Crippen LogP contribution in [0.5, 0.6) is 0 Å². The van der Waals surface area contributed by atoms with Crippen molar-refractivity contribution in [3.8, 4) is 0 Å². The number of hydrogen-bond acceptors (Lipinski definition) is 5. The van der Waals surface area contributed by atoms with Crippen LogP contribution in [0.15, 0.2) is 4.52 Å². The molecule has 2 fully saturated rings. The Morgan fingerprint density at radius 3 is 2.68 bits per heavy atom. The Labute approximate surface area is 114 Å². The van der Waals surface area contributed by atoms with Gasteiger partial charge in [0.2, 0.25) is 5.89 Å². The average Bonchev–Trinajstić information content (AvgIpc) is 3.10. The smallest absolute Gasteiger partial charge is 0.243 e. The lowest BCUT2D eigenvalue weighted by Gasteiger charge is -2.33. The van der Waals surface area contributed by atoms with Gasteiger partial charge in [0.15, 0.2) is 5.82 Å². The van der Waals surface area contributed by atoms with Gasteiger partial charge in [0.25, 0.3) is 0 Å². The number of likely N-dealkylation sites (tertiary alicyclic amines) is 1. The van der Waals surface area contributed by atoms with E-state index in [2.05, 4.69) is 34.2 Å². The molecule has 3 rings (SSSR count). The Morgan fingerprint density at radius 2 is 2.05 bits per heavy atom. The molecule has 0 aromatic carbocycles. The first-order chi connectivity index (χ1) is 9.24. The summed E-state index contributed by atoms with van der Waals surface area (Å²) in [7, 11) is 0. The molecule has 1 unspecified atom stereocenters. The molecule has 19 heavy (non-hydrogen) atoms. The number of nitrogens with one attached hydrogen (secondary N) is 1. The van der Waals surface area contributed by atoms with E-state index < -0.39 is 0 Å². The second-order valence-corrected chi connectivity index (χ2v) is 6.04. The fourth-order valence-electron chi connectivity index (χ4n) is 3.12. The molecule has 1 aromatic rings. The fourth-order valence-corrected chi connectivity index (χ4v) is 3.12. The normalized spacial score (nSPS) is 26.4. The molecule has 2 aliphatic rings. The van der Waals surface area contributed by atoms with Crippen molar-refractivity contribution >= 4 is 0 Å². The monoisotopic (exact) mass is 264 g/mol. The van der Waals surface area contributed by atoms with E-state index in [1.165, 1.54) is 6.42 Å². The molecule has 0 amide bonds. The molecule has 2 saturated heterocycles. The third kappa shape index (κ3) is 2.82. The van der Waals surface area contributed by atoms with Crippen LogP contribution >= 0.6 is 0 Å². The summed E-state index contributed by atoms with van der Waals surface area (Å²) in [6, 6.07) is 0.932. The van der Waals surface area contributed by atoms with Crippen molar-refractivity contribution in [2.24, 2.45) is 0 Å². The van der Waals surface area contributed by atoms with Crippen LogP contribution in [0, 0.1) is 0 Å². The van der Waals surface area contributed by atoms with Gasteiger partial charge in [0.05, 0.1) is 6.04 Å². The van der Waals surface area contributed by atoms with E-state index >= 15 is 0 Å². The van der Waals surface area contributed by atoms with Gasteiger partial charge in [-0.25, -0.2) is 0 Å². The molecule has 0 radical (unpaired) electrons. The van der Waals surface area contributed by atoms with E-state index in [1.54, 1.807) is 0 Å². The Morgan fingerprint density at radius 1 is 1.26 bits per heavy atom. The molecule has 3 heterocycles. The van der Waals surface area contributed by atoms with Crippen molar-refractivity contribution in [2.45, 2.75) is 57.5 Å². The van der Waals surface area contributed by atoms with Gasteiger partial charge >= 0.3 is 0 Å². The number of nitrogens with zero attached hydrogens (tertiary/aromatic N) is 3. The maximum atomic E-state index is 5.44. The number of aromatic nitrogens is 2. The summed E-state index contributed by atoms with van der Waals surface area (Å²) in [5.41, 5.74) is 0. The van der Waals surface area contributed by atoms with E-state index in [-0.39, 0.29) is 6.04 Å².